The molecule has 2 rings (SSSR count). The fourth-order valence-electron chi connectivity index (χ4n) is 2.03. The molecular formula is C13H15F3O3. The molecule has 1 N–H and O–H groups in total. The number of ether oxygens (including phenoxy) is 2. The number of hydrogen-bond donors (Lipinski definition) is 1. The van der Waals surface area contributed by atoms with E-state index < -0.39 is 11.8 Å². The smallest absolute Gasteiger partial charge is 0.417 e. The van der Waals surface area contributed by atoms with Gasteiger partial charge in [-0.1, -0.05) is 12.1 Å². The van der Waals surface area contributed by atoms with Gasteiger partial charge in [0.05, 0.1) is 13.2 Å². The highest BCUT2D eigenvalue weighted by molar-refractivity contribution is 5.37. The second-order valence-corrected chi connectivity index (χ2v) is 4.51. The number of hydrogen-bond acceptors (Lipinski definition) is 3. The first kappa shape index (κ1) is 14.0. The van der Waals surface area contributed by atoms with Crippen LogP contribution in [0.15, 0.2) is 24.3 Å². The van der Waals surface area contributed by atoms with Crippen LogP contribution < -0.4 is 4.74 Å². The van der Waals surface area contributed by atoms with E-state index in [0.717, 1.165) is 0 Å². The Morgan fingerprint density at radius 3 is 2.53 bits per heavy atom. The Kier molecular flexibility index (Phi) is 3.89. The summed E-state index contributed by atoms with van der Waals surface area (Å²) >= 11 is 0. The molecule has 3 nitrogen and oxygen atoms in total. The lowest BCUT2D eigenvalue weighted by Gasteiger charge is -2.43. The Morgan fingerprint density at radius 2 is 2.00 bits per heavy atom. The van der Waals surface area contributed by atoms with Gasteiger partial charge < -0.3 is 14.6 Å². The zero-order valence-corrected chi connectivity index (χ0v) is 10.2. The van der Waals surface area contributed by atoms with E-state index in [1.165, 1.54) is 6.07 Å². The maximum atomic E-state index is 12.8. The van der Waals surface area contributed by atoms with Crippen LogP contribution in [0.5, 0.6) is 11.5 Å². The molecule has 1 aromatic carbocycles. The number of aromatic hydroxyl groups is 1. The maximum Gasteiger partial charge on any atom is 0.417 e. The monoisotopic (exact) mass is 276 g/mol. The second kappa shape index (κ2) is 5.28. The molecule has 1 saturated heterocycles. The van der Waals surface area contributed by atoms with E-state index in [9.17, 15) is 18.3 Å². The van der Waals surface area contributed by atoms with Crippen LogP contribution in [-0.4, -0.2) is 30.1 Å². The van der Waals surface area contributed by atoms with Crippen LogP contribution >= 0.6 is 0 Å². The van der Waals surface area contributed by atoms with Gasteiger partial charge in [0.2, 0.25) is 0 Å². The first-order valence-corrected chi connectivity index (χ1v) is 6.06. The average Bonchev–Trinajstić information content (AvgIpc) is 2.27. The summed E-state index contributed by atoms with van der Waals surface area (Å²) in [6.45, 7) is 0.263. The fraction of sp³-hybridized carbons (Fsp3) is 0.538. The minimum atomic E-state index is -4.33. The Morgan fingerprint density at radius 1 is 1.32 bits per heavy atom. The van der Waals surface area contributed by atoms with Crippen molar-refractivity contribution in [2.24, 2.45) is 0 Å². The summed E-state index contributed by atoms with van der Waals surface area (Å²) in [5.41, 5.74) is -1.99. The van der Waals surface area contributed by atoms with Crippen molar-refractivity contribution in [2.75, 3.05) is 13.2 Å². The van der Waals surface area contributed by atoms with Crippen molar-refractivity contribution < 1.29 is 27.8 Å². The molecule has 19 heavy (non-hydrogen) atoms. The molecule has 1 unspecified atom stereocenters. The van der Waals surface area contributed by atoms with Crippen molar-refractivity contribution in [3.05, 3.63) is 24.3 Å². The minimum absolute atomic E-state index is 0.00703. The van der Waals surface area contributed by atoms with Crippen LogP contribution in [0.25, 0.3) is 0 Å². The molecule has 0 spiro atoms. The summed E-state index contributed by atoms with van der Waals surface area (Å²) in [6, 6.07) is 6.35. The maximum absolute atomic E-state index is 12.8. The molecule has 0 bridgehead atoms. The third kappa shape index (κ3) is 2.94. The molecule has 6 heteroatoms. The normalized spacial score (nSPS) is 22.9. The topological polar surface area (TPSA) is 38.7 Å². The summed E-state index contributed by atoms with van der Waals surface area (Å²) in [5.74, 6) is 0.256. The Bertz CT molecular complexity index is 427. The van der Waals surface area contributed by atoms with Crippen LogP contribution in [0.3, 0.4) is 0 Å². The largest absolute Gasteiger partial charge is 0.504 e. The fourth-order valence-corrected chi connectivity index (χ4v) is 2.03. The van der Waals surface area contributed by atoms with E-state index >= 15 is 0 Å². The van der Waals surface area contributed by atoms with E-state index in [2.05, 4.69) is 0 Å². The van der Waals surface area contributed by atoms with E-state index in [-0.39, 0.29) is 44.0 Å². The summed E-state index contributed by atoms with van der Waals surface area (Å²) in [4.78, 5) is 0. The number of alkyl halides is 3. The number of para-hydroxylation sites is 2. The lowest BCUT2D eigenvalue weighted by atomic mass is 9.89. The predicted octanol–water partition coefficient (Wildman–Crippen LogP) is 3.27. The first-order chi connectivity index (χ1) is 8.95. The van der Waals surface area contributed by atoms with Crippen molar-refractivity contribution >= 4 is 0 Å². The van der Waals surface area contributed by atoms with Gasteiger partial charge >= 0.3 is 6.18 Å². The molecule has 1 fully saturated rings. The lowest BCUT2D eigenvalue weighted by molar-refractivity contribution is -0.327. The summed E-state index contributed by atoms with van der Waals surface area (Å²) in [6.07, 6.45) is -4.23. The molecule has 0 saturated carbocycles. The van der Waals surface area contributed by atoms with Gasteiger partial charge in [-0.15, -0.1) is 0 Å². The number of phenolic OH excluding ortho intramolecular Hbond substituents is 1. The number of halogens is 3. The van der Waals surface area contributed by atoms with Gasteiger partial charge in [-0.2, -0.15) is 13.2 Å². The van der Waals surface area contributed by atoms with Crippen LogP contribution in [0.4, 0.5) is 13.2 Å². The molecule has 1 atom stereocenters. The molecule has 0 aliphatic carbocycles. The van der Waals surface area contributed by atoms with Gasteiger partial charge in [-0.3, -0.25) is 0 Å². The highest BCUT2D eigenvalue weighted by Crippen LogP contribution is 2.45. The standard InChI is InChI=1S/C13H15F3O3/c14-13(15,16)12(7-9-19-12)6-3-8-18-11-5-2-1-4-10(11)17/h1-2,4-5,17H,3,6-9H2. The van der Waals surface area contributed by atoms with Gasteiger partial charge in [0.1, 0.15) is 0 Å². The zero-order valence-electron chi connectivity index (χ0n) is 10.2. The van der Waals surface area contributed by atoms with E-state index in [4.69, 9.17) is 9.47 Å². The lowest BCUT2D eigenvalue weighted by Crippen LogP contribution is -2.55. The van der Waals surface area contributed by atoms with Crippen molar-refractivity contribution in [3.8, 4) is 11.5 Å². The Balaban J connectivity index is 1.80. The number of benzene rings is 1. The van der Waals surface area contributed by atoms with Crippen molar-refractivity contribution in [1.29, 1.82) is 0 Å². The molecular weight excluding hydrogens is 261 g/mol. The van der Waals surface area contributed by atoms with Gasteiger partial charge in [0.15, 0.2) is 17.1 Å². The van der Waals surface area contributed by atoms with Crippen LogP contribution in [-0.2, 0) is 4.74 Å². The highest BCUT2D eigenvalue weighted by atomic mass is 19.4. The Hall–Kier alpha value is -1.43. The highest BCUT2D eigenvalue weighted by Gasteiger charge is 2.59. The molecule has 0 aromatic heterocycles. The number of phenols is 1. The number of rotatable bonds is 5. The molecule has 1 heterocycles. The SMILES string of the molecule is Oc1ccccc1OCCCC1(C(F)(F)F)CCO1. The van der Waals surface area contributed by atoms with Gasteiger partial charge in [-0.05, 0) is 25.0 Å². The second-order valence-electron chi connectivity index (χ2n) is 4.51. The molecule has 1 aromatic rings. The van der Waals surface area contributed by atoms with Crippen LogP contribution in [0.2, 0.25) is 0 Å². The molecule has 106 valence electrons. The Labute approximate surface area is 108 Å². The third-order valence-electron chi connectivity index (χ3n) is 3.25. The molecule has 1 aliphatic heterocycles. The van der Waals surface area contributed by atoms with Gasteiger partial charge in [-0.25, -0.2) is 0 Å². The van der Waals surface area contributed by atoms with Crippen LogP contribution in [0, 0.1) is 0 Å². The third-order valence-corrected chi connectivity index (χ3v) is 3.25. The summed E-state index contributed by atoms with van der Waals surface area (Å²) < 4.78 is 48.3. The zero-order chi connectivity index (χ0) is 13.9. The van der Waals surface area contributed by atoms with Gasteiger partial charge in [0.25, 0.3) is 0 Å². The molecule has 1 aliphatic rings. The summed E-state index contributed by atoms with van der Waals surface area (Å²) in [5, 5.41) is 9.43. The van der Waals surface area contributed by atoms with Crippen molar-refractivity contribution in [1.82, 2.24) is 0 Å². The molecule has 0 amide bonds. The predicted molar refractivity (Wildman–Crippen MR) is 62.2 cm³/mol. The van der Waals surface area contributed by atoms with Crippen LogP contribution in [0.1, 0.15) is 19.3 Å². The minimum Gasteiger partial charge on any atom is -0.504 e. The quantitative estimate of drug-likeness (QED) is 0.839. The molecule has 0 radical (unpaired) electrons. The van der Waals surface area contributed by atoms with E-state index in [1.807, 2.05) is 0 Å². The van der Waals surface area contributed by atoms with Gasteiger partial charge in [0, 0.05) is 6.42 Å². The van der Waals surface area contributed by atoms with Crippen molar-refractivity contribution in [2.45, 2.75) is 31.0 Å². The van der Waals surface area contributed by atoms with Crippen molar-refractivity contribution in [3.63, 3.8) is 0 Å². The first-order valence-electron chi connectivity index (χ1n) is 6.06. The van der Waals surface area contributed by atoms with E-state index in [0.29, 0.717) is 0 Å². The van der Waals surface area contributed by atoms with E-state index in [1.54, 1.807) is 18.2 Å². The average molecular weight is 276 g/mol. The summed E-state index contributed by atoms with van der Waals surface area (Å²) in [7, 11) is 0.